The lowest BCUT2D eigenvalue weighted by atomic mass is 10.2. The standard InChI is InChI=1S/C13H12BrN3O/c1-9-6-16-12(7-15-9)8-17-13(18)10-2-4-11(14)5-3-10/h2-7H,8H2,1H3,(H,17,18). The summed E-state index contributed by atoms with van der Waals surface area (Å²) in [5, 5.41) is 2.80. The van der Waals surface area contributed by atoms with Crippen LogP contribution in [-0.4, -0.2) is 15.9 Å². The van der Waals surface area contributed by atoms with Crippen LogP contribution >= 0.6 is 15.9 Å². The highest BCUT2D eigenvalue weighted by Crippen LogP contribution is 2.10. The van der Waals surface area contributed by atoms with E-state index in [4.69, 9.17) is 0 Å². The Bertz CT molecular complexity index is 537. The van der Waals surface area contributed by atoms with Gasteiger partial charge in [0.15, 0.2) is 0 Å². The number of hydrogen-bond acceptors (Lipinski definition) is 3. The second-order valence-electron chi connectivity index (χ2n) is 3.84. The molecule has 1 N–H and O–H groups in total. The molecule has 0 atom stereocenters. The van der Waals surface area contributed by atoms with Gasteiger partial charge in [0, 0.05) is 16.2 Å². The van der Waals surface area contributed by atoms with Crippen molar-refractivity contribution < 1.29 is 4.79 Å². The first-order valence-electron chi connectivity index (χ1n) is 5.46. The molecule has 0 aliphatic heterocycles. The molecule has 1 aromatic carbocycles. The van der Waals surface area contributed by atoms with Gasteiger partial charge in [-0.2, -0.15) is 0 Å². The molecule has 5 heteroatoms. The normalized spacial score (nSPS) is 10.1. The Kier molecular flexibility index (Phi) is 4.04. The Morgan fingerprint density at radius 1 is 1.22 bits per heavy atom. The molecule has 0 aliphatic carbocycles. The molecule has 0 spiro atoms. The van der Waals surface area contributed by atoms with Crippen LogP contribution in [0.15, 0.2) is 41.1 Å². The predicted octanol–water partition coefficient (Wildman–Crippen LogP) is 2.48. The lowest BCUT2D eigenvalue weighted by Crippen LogP contribution is -2.23. The lowest BCUT2D eigenvalue weighted by molar-refractivity contribution is 0.0950. The molecule has 2 rings (SSSR count). The summed E-state index contributed by atoms with van der Waals surface area (Å²) >= 11 is 3.33. The van der Waals surface area contributed by atoms with Crippen molar-refractivity contribution in [2.75, 3.05) is 0 Å². The molecule has 1 amide bonds. The third-order valence-corrected chi connectivity index (χ3v) is 2.90. The number of hydrogen-bond donors (Lipinski definition) is 1. The predicted molar refractivity (Wildman–Crippen MR) is 72.1 cm³/mol. The number of carbonyl (C=O) groups excluding carboxylic acids is 1. The summed E-state index contributed by atoms with van der Waals surface area (Å²) in [6.07, 6.45) is 3.35. The maximum Gasteiger partial charge on any atom is 0.251 e. The van der Waals surface area contributed by atoms with Crippen LogP contribution in [0.25, 0.3) is 0 Å². The van der Waals surface area contributed by atoms with Gasteiger partial charge in [-0.3, -0.25) is 14.8 Å². The molecule has 0 saturated carbocycles. The zero-order chi connectivity index (χ0) is 13.0. The van der Waals surface area contributed by atoms with Gasteiger partial charge in [-0.25, -0.2) is 0 Å². The fourth-order valence-corrected chi connectivity index (χ4v) is 1.65. The number of benzene rings is 1. The summed E-state index contributed by atoms with van der Waals surface area (Å²) in [4.78, 5) is 20.1. The topological polar surface area (TPSA) is 54.9 Å². The van der Waals surface area contributed by atoms with E-state index >= 15 is 0 Å². The van der Waals surface area contributed by atoms with Crippen molar-refractivity contribution in [3.05, 3.63) is 58.1 Å². The van der Waals surface area contributed by atoms with Crippen molar-refractivity contribution in [2.24, 2.45) is 0 Å². The number of nitrogens with zero attached hydrogens (tertiary/aromatic N) is 2. The molecule has 92 valence electrons. The molecule has 0 bridgehead atoms. The minimum atomic E-state index is -0.120. The summed E-state index contributed by atoms with van der Waals surface area (Å²) in [6.45, 7) is 2.25. The van der Waals surface area contributed by atoms with Gasteiger partial charge in [-0.15, -0.1) is 0 Å². The minimum absolute atomic E-state index is 0.120. The van der Waals surface area contributed by atoms with Crippen LogP contribution in [0.3, 0.4) is 0 Å². The summed E-state index contributed by atoms with van der Waals surface area (Å²) < 4.78 is 0.948. The van der Waals surface area contributed by atoms with E-state index in [2.05, 4.69) is 31.2 Å². The summed E-state index contributed by atoms with van der Waals surface area (Å²) in [5.74, 6) is -0.120. The number of carbonyl (C=O) groups is 1. The Hall–Kier alpha value is -1.75. The van der Waals surface area contributed by atoms with Crippen LogP contribution in [0, 0.1) is 6.92 Å². The molecule has 0 unspecified atom stereocenters. The third-order valence-electron chi connectivity index (χ3n) is 2.37. The van der Waals surface area contributed by atoms with E-state index in [1.165, 1.54) is 0 Å². The van der Waals surface area contributed by atoms with E-state index in [9.17, 15) is 4.79 Å². The monoisotopic (exact) mass is 305 g/mol. The molecular weight excluding hydrogens is 294 g/mol. The van der Waals surface area contributed by atoms with E-state index in [0.29, 0.717) is 12.1 Å². The smallest absolute Gasteiger partial charge is 0.251 e. The third kappa shape index (κ3) is 3.37. The van der Waals surface area contributed by atoms with Crippen LogP contribution < -0.4 is 5.32 Å². The number of rotatable bonds is 3. The molecule has 1 heterocycles. The summed E-state index contributed by atoms with van der Waals surface area (Å²) in [5.41, 5.74) is 2.22. The largest absolute Gasteiger partial charge is 0.346 e. The van der Waals surface area contributed by atoms with Crippen LogP contribution in [0.2, 0.25) is 0 Å². The number of halogens is 1. The molecule has 4 nitrogen and oxygen atoms in total. The van der Waals surface area contributed by atoms with E-state index < -0.39 is 0 Å². The molecular formula is C13H12BrN3O. The second-order valence-corrected chi connectivity index (χ2v) is 4.75. The van der Waals surface area contributed by atoms with Gasteiger partial charge in [-0.1, -0.05) is 15.9 Å². The van der Waals surface area contributed by atoms with Crippen LogP contribution in [0.4, 0.5) is 0 Å². The van der Waals surface area contributed by atoms with Gasteiger partial charge in [-0.05, 0) is 31.2 Å². The summed E-state index contributed by atoms with van der Waals surface area (Å²) in [7, 11) is 0. The lowest BCUT2D eigenvalue weighted by Gasteiger charge is -2.04. The Morgan fingerprint density at radius 3 is 2.56 bits per heavy atom. The highest BCUT2D eigenvalue weighted by Gasteiger charge is 2.05. The number of amides is 1. The van der Waals surface area contributed by atoms with Crippen molar-refractivity contribution in [3.63, 3.8) is 0 Å². The first-order chi connectivity index (χ1) is 8.65. The highest BCUT2D eigenvalue weighted by molar-refractivity contribution is 9.10. The van der Waals surface area contributed by atoms with Gasteiger partial charge in [0.1, 0.15) is 0 Å². The van der Waals surface area contributed by atoms with Crippen molar-refractivity contribution in [3.8, 4) is 0 Å². The Labute approximate surface area is 114 Å². The Morgan fingerprint density at radius 2 is 1.94 bits per heavy atom. The van der Waals surface area contributed by atoms with E-state index in [1.807, 2.05) is 19.1 Å². The molecule has 0 saturated heterocycles. The summed E-state index contributed by atoms with van der Waals surface area (Å²) in [6, 6.07) is 7.20. The Balaban J connectivity index is 1.96. The van der Waals surface area contributed by atoms with Crippen LogP contribution in [0.1, 0.15) is 21.7 Å². The van der Waals surface area contributed by atoms with Crippen molar-refractivity contribution in [1.29, 1.82) is 0 Å². The maximum absolute atomic E-state index is 11.8. The molecule has 0 aliphatic rings. The van der Waals surface area contributed by atoms with Crippen molar-refractivity contribution in [2.45, 2.75) is 13.5 Å². The van der Waals surface area contributed by atoms with E-state index in [1.54, 1.807) is 24.5 Å². The quantitative estimate of drug-likeness (QED) is 0.948. The van der Waals surface area contributed by atoms with Gasteiger partial charge in [0.2, 0.25) is 0 Å². The van der Waals surface area contributed by atoms with Crippen molar-refractivity contribution >= 4 is 21.8 Å². The van der Waals surface area contributed by atoms with Gasteiger partial charge in [0.25, 0.3) is 5.91 Å². The molecule has 1 aromatic heterocycles. The van der Waals surface area contributed by atoms with Crippen LogP contribution in [0.5, 0.6) is 0 Å². The first kappa shape index (κ1) is 12.7. The maximum atomic E-state index is 11.8. The van der Waals surface area contributed by atoms with Gasteiger partial charge in [0.05, 0.1) is 24.1 Å². The number of aromatic nitrogens is 2. The number of aryl methyl sites for hydroxylation is 1. The van der Waals surface area contributed by atoms with Crippen molar-refractivity contribution in [1.82, 2.24) is 15.3 Å². The molecule has 0 fully saturated rings. The molecule has 18 heavy (non-hydrogen) atoms. The first-order valence-corrected chi connectivity index (χ1v) is 6.26. The zero-order valence-electron chi connectivity index (χ0n) is 9.85. The molecule has 2 aromatic rings. The fourth-order valence-electron chi connectivity index (χ4n) is 1.38. The van der Waals surface area contributed by atoms with Gasteiger partial charge >= 0.3 is 0 Å². The molecule has 0 radical (unpaired) electrons. The van der Waals surface area contributed by atoms with Gasteiger partial charge < -0.3 is 5.32 Å². The SMILES string of the molecule is Cc1cnc(CNC(=O)c2ccc(Br)cc2)cn1. The fraction of sp³-hybridized carbons (Fsp3) is 0.154. The average molecular weight is 306 g/mol. The second kappa shape index (κ2) is 5.73. The van der Waals surface area contributed by atoms with E-state index in [-0.39, 0.29) is 5.91 Å². The minimum Gasteiger partial charge on any atom is -0.346 e. The number of nitrogens with one attached hydrogen (secondary N) is 1. The van der Waals surface area contributed by atoms with E-state index in [0.717, 1.165) is 15.9 Å². The highest BCUT2D eigenvalue weighted by atomic mass is 79.9. The average Bonchev–Trinajstić information content (AvgIpc) is 2.38. The zero-order valence-corrected chi connectivity index (χ0v) is 11.4. The van der Waals surface area contributed by atoms with Crippen LogP contribution in [-0.2, 0) is 6.54 Å².